The van der Waals surface area contributed by atoms with Crippen LogP contribution in [0.15, 0.2) is 54.9 Å². The molecule has 0 bridgehead atoms. The topological polar surface area (TPSA) is 106 Å². The standard InChI is InChI=1S/C22H23N7O2/c1-15-12-19(29-22(25-15)27-20(28-29)17-7-4-9-23-14-17)26-18-8-3-6-16(13-18)21(30)24-10-5-11-31-2/h3-4,6-9,12-14,26H,5,10-11H2,1-2H3,(H,24,30). The predicted octanol–water partition coefficient (Wildman–Crippen LogP) is 3.00. The van der Waals surface area contributed by atoms with Gasteiger partial charge < -0.3 is 15.4 Å². The molecule has 0 atom stereocenters. The molecule has 3 aromatic heterocycles. The van der Waals surface area contributed by atoms with Crippen LogP contribution in [0.2, 0.25) is 0 Å². The largest absolute Gasteiger partial charge is 0.385 e. The molecule has 158 valence electrons. The van der Waals surface area contributed by atoms with Crippen LogP contribution in [0.4, 0.5) is 11.5 Å². The lowest BCUT2D eigenvalue weighted by Gasteiger charge is -2.10. The Kier molecular flexibility index (Phi) is 6.13. The monoisotopic (exact) mass is 417 g/mol. The minimum Gasteiger partial charge on any atom is -0.385 e. The fourth-order valence-corrected chi connectivity index (χ4v) is 3.10. The maximum atomic E-state index is 12.4. The number of methoxy groups -OCH3 is 1. The normalized spacial score (nSPS) is 10.9. The smallest absolute Gasteiger partial charge is 0.254 e. The molecule has 0 fully saturated rings. The van der Waals surface area contributed by atoms with E-state index in [0.29, 0.717) is 36.1 Å². The third-order valence-corrected chi connectivity index (χ3v) is 4.57. The van der Waals surface area contributed by atoms with E-state index in [9.17, 15) is 4.79 Å². The van der Waals surface area contributed by atoms with Crippen molar-refractivity contribution in [2.24, 2.45) is 0 Å². The lowest BCUT2D eigenvalue weighted by Crippen LogP contribution is -2.25. The number of hydrogen-bond donors (Lipinski definition) is 2. The van der Waals surface area contributed by atoms with Crippen LogP contribution in [0.25, 0.3) is 17.2 Å². The van der Waals surface area contributed by atoms with Crippen molar-refractivity contribution in [2.45, 2.75) is 13.3 Å². The summed E-state index contributed by atoms with van der Waals surface area (Å²) in [7, 11) is 1.64. The Hall–Kier alpha value is -3.85. The Bertz CT molecular complexity index is 1190. The lowest BCUT2D eigenvalue weighted by atomic mass is 10.2. The van der Waals surface area contributed by atoms with E-state index < -0.39 is 0 Å². The van der Waals surface area contributed by atoms with E-state index in [2.05, 4.69) is 30.7 Å². The zero-order chi connectivity index (χ0) is 21.6. The van der Waals surface area contributed by atoms with Crippen molar-refractivity contribution >= 4 is 23.2 Å². The molecule has 1 aromatic carbocycles. The summed E-state index contributed by atoms with van der Waals surface area (Å²) in [6.07, 6.45) is 4.18. The van der Waals surface area contributed by atoms with Crippen molar-refractivity contribution in [3.05, 3.63) is 66.1 Å². The number of aromatic nitrogens is 5. The number of carbonyl (C=O) groups is 1. The first-order valence-electron chi connectivity index (χ1n) is 9.93. The number of rotatable bonds is 8. The van der Waals surface area contributed by atoms with E-state index in [1.807, 2.05) is 37.3 Å². The third kappa shape index (κ3) is 4.84. The maximum Gasteiger partial charge on any atom is 0.254 e. The summed E-state index contributed by atoms with van der Waals surface area (Å²) in [5.41, 5.74) is 2.94. The Morgan fingerprint density at radius 1 is 1.16 bits per heavy atom. The molecule has 0 radical (unpaired) electrons. The van der Waals surface area contributed by atoms with E-state index >= 15 is 0 Å². The SMILES string of the molecule is COCCCNC(=O)c1cccc(Nc2cc(C)nc3nc(-c4cccnc4)nn23)c1. The fraction of sp³-hybridized carbons (Fsp3) is 0.227. The Labute approximate surface area is 179 Å². The molecule has 9 nitrogen and oxygen atoms in total. The number of benzene rings is 1. The average Bonchev–Trinajstić information content (AvgIpc) is 3.22. The molecule has 2 N–H and O–H groups in total. The summed E-state index contributed by atoms with van der Waals surface area (Å²) in [6, 6.07) is 12.9. The number of anilines is 2. The van der Waals surface area contributed by atoms with Gasteiger partial charge >= 0.3 is 0 Å². The van der Waals surface area contributed by atoms with Crippen LogP contribution in [0.3, 0.4) is 0 Å². The molecule has 0 saturated heterocycles. The summed E-state index contributed by atoms with van der Waals surface area (Å²) in [5.74, 6) is 1.59. The van der Waals surface area contributed by atoms with Crippen LogP contribution in [0, 0.1) is 6.92 Å². The van der Waals surface area contributed by atoms with E-state index in [4.69, 9.17) is 4.74 Å². The molecule has 4 rings (SSSR count). The van der Waals surface area contributed by atoms with Crippen LogP contribution in [-0.2, 0) is 4.74 Å². The van der Waals surface area contributed by atoms with Gasteiger partial charge in [-0.2, -0.15) is 9.50 Å². The number of carbonyl (C=O) groups excluding carboxylic acids is 1. The van der Waals surface area contributed by atoms with Gasteiger partial charge in [0, 0.05) is 61.2 Å². The Balaban J connectivity index is 1.58. The van der Waals surface area contributed by atoms with Gasteiger partial charge in [0.15, 0.2) is 5.82 Å². The quantitative estimate of drug-likeness (QED) is 0.425. The van der Waals surface area contributed by atoms with Gasteiger partial charge in [-0.05, 0) is 43.7 Å². The number of ether oxygens (including phenoxy) is 1. The summed E-state index contributed by atoms with van der Waals surface area (Å²) >= 11 is 0. The van der Waals surface area contributed by atoms with Gasteiger partial charge in [0.05, 0.1) is 0 Å². The lowest BCUT2D eigenvalue weighted by molar-refractivity contribution is 0.0948. The molecule has 1 amide bonds. The van der Waals surface area contributed by atoms with E-state index in [0.717, 1.165) is 23.4 Å². The zero-order valence-corrected chi connectivity index (χ0v) is 17.4. The van der Waals surface area contributed by atoms with Crippen molar-refractivity contribution in [3.8, 4) is 11.4 Å². The van der Waals surface area contributed by atoms with Crippen LogP contribution >= 0.6 is 0 Å². The van der Waals surface area contributed by atoms with E-state index in [-0.39, 0.29) is 5.91 Å². The van der Waals surface area contributed by atoms with Crippen LogP contribution in [0.1, 0.15) is 22.5 Å². The van der Waals surface area contributed by atoms with Crippen LogP contribution in [-0.4, -0.2) is 50.7 Å². The minimum absolute atomic E-state index is 0.129. The second-order valence-electron chi connectivity index (χ2n) is 6.98. The molecule has 0 aliphatic rings. The summed E-state index contributed by atoms with van der Waals surface area (Å²) in [5, 5.41) is 10.8. The first-order valence-corrected chi connectivity index (χ1v) is 9.93. The highest BCUT2D eigenvalue weighted by Gasteiger charge is 2.13. The number of hydrogen-bond acceptors (Lipinski definition) is 7. The molecule has 31 heavy (non-hydrogen) atoms. The summed E-state index contributed by atoms with van der Waals surface area (Å²) < 4.78 is 6.65. The highest BCUT2D eigenvalue weighted by Crippen LogP contribution is 2.21. The molecular formula is C22H23N7O2. The number of fused-ring (bicyclic) bond motifs is 1. The number of nitrogens with one attached hydrogen (secondary N) is 2. The average molecular weight is 417 g/mol. The van der Waals surface area contributed by atoms with Crippen molar-refractivity contribution in [1.29, 1.82) is 0 Å². The number of amides is 1. The number of aryl methyl sites for hydroxylation is 1. The van der Waals surface area contributed by atoms with Crippen molar-refractivity contribution in [3.63, 3.8) is 0 Å². The number of pyridine rings is 1. The van der Waals surface area contributed by atoms with Crippen LogP contribution in [0.5, 0.6) is 0 Å². The first kappa shape index (κ1) is 20.4. The maximum absolute atomic E-state index is 12.4. The third-order valence-electron chi connectivity index (χ3n) is 4.57. The van der Waals surface area contributed by atoms with Gasteiger partial charge in [0.1, 0.15) is 5.82 Å². The van der Waals surface area contributed by atoms with Gasteiger partial charge in [-0.15, -0.1) is 5.10 Å². The second kappa shape index (κ2) is 9.31. The van der Waals surface area contributed by atoms with Gasteiger partial charge in [-0.1, -0.05) is 6.07 Å². The second-order valence-corrected chi connectivity index (χ2v) is 6.98. The molecular weight excluding hydrogens is 394 g/mol. The Morgan fingerprint density at radius 2 is 2.06 bits per heavy atom. The molecule has 0 aliphatic carbocycles. The minimum atomic E-state index is -0.129. The van der Waals surface area contributed by atoms with Crippen molar-refractivity contribution in [1.82, 2.24) is 29.9 Å². The van der Waals surface area contributed by atoms with Gasteiger partial charge in [-0.25, -0.2) is 4.98 Å². The van der Waals surface area contributed by atoms with Gasteiger partial charge in [0.2, 0.25) is 0 Å². The predicted molar refractivity (Wildman–Crippen MR) is 117 cm³/mol. The van der Waals surface area contributed by atoms with E-state index in [1.54, 1.807) is 36.2 Å². The molecule has 9 heteroatoms. The van der Waals surface area contributed by atoms with Crippen molar-refractivity contribution in [2.75, 3.05) is 25.6 Å². The molecule has 4 aromatic rings. The van der Waals surface area contributed by atoms with Crippen LogP contribution < -0.4 is 10.6 Å². The zero-order valence-electron chi connectivity index (χ0n) is 17.4. The van der Waals surface area contributed by atoms with Gasteiger partial charge in [0.25, 0.3) is 11.7 Å². The highest BCUT2D eigenvalue weighted by atomic mass is 16.5. The van der Waals surface area contributed by atoms with Gasteiger partial charge in [-0.3, -0.25) is 9.78 Å². The highest BCUT2D eigenvalue weighted by molar-refractivity contribution is 5.95. The number of nitrogens with zero attached hydrogens (tertiary/aromatic N) is 5. The molecule has 0 unspecified atom stereocenters. The fourth-order valence-electron chi connectivity index (χ4n) is 3.10. The molecule has 0 spiro atoms. The summed E-state index contributed by atoms with van der Waals surface area (Å²) in [6.45, 7) is 3.07. The molecule has 0 saturated carbocycles. The van der Waals surface area contributed by atoms with E-state index in [1.165, 1.54) is 0 Å². The summed E-state index contributed by atoms with van der Waals surface area (Å²) in [4.78, 5) is 25.5. The molecule has 3 heterocycles. The van der Waals surface area contributed by atoms with Crippen molar-refractivity contribution < 1.29 is 9.53 Å². The first-order chi connectivity index (χ1) is 15.1. The Morgan fingerprint density at radius 3 is 2.87 bits per heavy atom. The molecule has 0 aliphatic heterocycles.